The first kappa shape index (κ1) is 21.0. The van der Waals surface area contributed by atoms with Crippen LogP contribution in [-0.4, -0.2) is 18.0 Å². The SMILES string of the molecule is COc1ccccc1Oc1ccc(NC(=O)c2ccccc2SCc2cscn2)cc1. The molecule has 156 valence electrons. The van der Waals surface area contributed by atoms with Crippen LogP contribution in [0.1, 0.15) is 16.1 Å². The molecule has 4 rings (SSSR count). The normalized spacial score (nSPS) is 10.5. The van der Waals surface area contributed by atoms with Gasteiger partial charge in [0.05, 0.1) is 23.9 Å². The highest BCUT2D eigenvalue weighted by molar-refractivity contribution is 7.98. The molecular weight excluding hydrogens is 428 g/mol. The molecule has 0 aliphatic carbocycles. The van der Waals surface area contributed by atoms with Crippen LogP contribution in [0.25, 0.3) is 0 Å². The van der Waals surface area contributed by atoms with Crippen LogP contribution < -0.4 is 14.8 Å². The number of nitrogens with one attached hydrogen (secondary N) is 1. The zero-order chi connectivity index (χ0) is 21.5. The van der Waals surface area contributed by atoms with Crippen molar-refractivity contribution in [1.82, 2.24) is 4.98 Å². The van der Waals surface area contributed by atoms with Crippen LogP contribution in [-0.2, 0) is 5.75 Å². The number of aromatic nitrogens is 1. The molecule has 1 heterocycles. The maximum atomic E-state index is 12.9. The maximum Gasteiger partial charge on any atom is 0.256 e. The quantitative estimate of drug-likeness (QED) is 0.312. The highest BCUT2D eigenvalue weighted by atomic mass is 32.2. The summed E-state index contributed by atoms with van der Waals surface area (Å²) in [5.74, 6) is 2.52. The van der Waals surface area contributed by atoms with E-state index in [0.29, 0.717) is 28.5 Å². The Balaban J connectivity index is 1.42. The summed E-state index contributed by atoms with van der Waals surface area (Å²) in [5, 5.41) is 4.98. The van der Waals surface area contributed by atoms with Gasteiger partial charge in [-0.15, -0.1) is 23.1 Å². The smallest absolute Gasteiger partial charge is 0.256 e. The van der Waals surface area contributed by atoms with E-state index in [-0.39, 0.29) is 5.91 Å². The van der Waals surface area contributed by atoms with Crippen molar-refractivity contribution in [3.8, 4) is 17.2 Å². The van der Waals surface area contributed by atoms with E-state index < -0.39 is 0 Å². The average molecular weight is 449 g/mol. The molecule has 5 nitrogen and oxygen atoms in total. The lowest BCUT2D eigenvalue weighted by Gasteiger charge is -2.12. The van der Waals surface area contributed by atoms with Gasteiger partial charge in [0.2, 0.25) is 0 Å². The lowest BCUT2D eigenvalue weighted by atomic mass is 10.2. The minimum absolute atomic E-state index is 0.153. The Hall–Kier alpha value is -3.29. The molecule has 0 spiro atoms. The van der Waals surface area contributed by atoms with Gasteiger partial charge in [0.15, 0.2) is 11.5 Å². The van der Waals surface area contributed by atoms with E-state index in [1.54, 1.807) is 30.2 Å². The molecule has 0 bridgehead atoms. The Morgan fingerprint density at radius 3 is 2.48 bits per heavy atom. The number of benzene rings is 3. The number of carbonyl (C=O) groups excluding carboxylic acids is 1. The highest BCUT2D eigenvalue weighted by Gasteiger charge is 2.12. The second kappa shape index (κ2) is 10.1. The van der Waals surface area contributed by atoms with Crippen molar-refractivity contribution in [2.75, 3.05) is 12.4 Å². The Kier molecular flexibility index (Phi) is 6.86. The molecule has 4 aromatic rings. The van der Waals surface area contributed by atoms with E-state index in [1.165, 1.54) is 0 Å². The summed E-state index contributed by atoms with van der Waals surface area (Å²) in [6.07, 6.45) is 0. The monoisotopic (exact) mass is 448 g/mol. The zero-order valence-corrected chi connectivity index (χ0v) is 18.4. The molecule has 0 atom stereocenters. The van der Waals surface area contributed by atoms with Crippen molar-refractivity contribution in [1.29, 1.82) is 0 Å². The Morgan fingerprint density at radius 1 is 1.00 bits per heavy atom. The number of nitrogens with zero attached hydrogens (tertiary/aromatic N) is 1. The first-order chi connectivity index (χ1) is 15.2. The fourth-order valence-corrected chi connectivity index (χ4v) is 4.49. The van der Waals surface area contributed by atoms with Crippen LogP contribution in [0.5, 0.6) is 17.2 Å². The van der Waals surface area contributed by atoms with E-state index in [4.69, 9.17) is 9.47 Å². The second-order valence-electron chi connectivity index (χ2n) is 6.50. The second-order valence-corrected chi connectivity index (χ2v) is 8.23. The van der Waals surface area contributed by atoms with Gasteiger partial charge >= 0.3 is 0 Å². The summed E-state index contributed by atoms with van der Waals surface area (Å²) >= 11 is 3.17. The van der Waals surface area contributed by atoms with Gasteiger partial charge in [-0.3, -0.25) is 4.79 Å². The molecule has 1 aromatic heterocycles. The van der Waals surface area contributed by atoms with Crippen LogP contribution in [0.15, 0.2) is 88.6 Å². The predicted octanol–water partition coefficient (Wildman–Crippen LogP) is 6.49. The lowest BCUT2D eigenvalue weighted by molar-refractivity contribution is 0.102. The molecule has 0 aliphatic heterocycles. The summed E-state index contributed by atoms with van der Waals surface area (Å²) in [7, 11) is 1.60. The van der Waals surface area contributed by atoms with Crippen LogP contribution >= 0.6 is 23.1 Å². The molecule has 3 aromatic carbocycles. The zero-order valence-electron chi connectivity index (χ0n) is 16.8. The lowest BCUT2D eigenvalue weighted by Crippen LogP contribution is -2.12. The fraction of sp³-hybridized carbons (Fsp3) is 0.0833. The van der Waals surface area contributed by atoms with Gasteiger partial charge in [-0.1, -0.05) is 24.3 Å². The topological polar surface area (TPSA) is 60.5 Å². The fourth-order valence-electron chi connectivity index (χ4n) is 2.88. The minimum atomic E-state index is -0.153. The molecule has 1 amide bonds. The third kappa shape index (κ3) is 5.45. The number of thioether (sulfide) groups is 1. The summed E-state index contributed by atoms with van der Waals surface area (Å²) in [4.78, 5) is 18.1. The first-order valence-corrected chi connectivity index (χ1v) is 11.5. The van der Waals surface area contributed by atoms with E-state index in [2.05, 4.69) is 10.3 Å². The van der Waals surface area contributed by atoms with Crippen LogP contribution in [0, 0.1) is 0 Å². The highest BCUT2D eigenvalue weighted by Crippen LogP contribution is 2.32. The largest absolute Gasteiger partial charge is 0.493 e. The molecule has 0 saturated heterocycles. The van der Waals surface area contributed by atoms with Gasteiger partial charge in [-0.05, 0) is 48.5 Å². The van der Waals surface area contributed by atoms with Crippen molar-refractivity contribution >= 4 is 34.7 Å². The van der Waals surface area contributed by atoms with Gasteiger partial charge in [0.1, 0.15) is 5.75 Å². The molecule has 1 N–H and O–H groups in total. The third-order valence-corrected chi connectivity index (χ3v) is 6.14. The number of carbonyl (C=O) groups is 1. The molecule has 0 aliphatic rings. The van der Waals surface area contributed by atoms with Gasteiger partial charge in [-0.25, -0.2) is 4.98 Å². The van der Waals surface area contributed by atoms with Crippen LogP contribution in [0.4, 0.5) is 5.69 Å². The van der Waals surface area contributed by atoms with Gasteiger partial charge < -0.3 is 14.8 Å². The van der Waals surface area contributed by atoms with Crippen LogP contribution in [0.2, 0.25) is 0 Å². The molecule has 7 heteroatoms. The van der Waals surface area contributed by atoms with Gasteiger partial charge in [0, 0.05) is 21.7 Å². The molecule has 0 saturated carbocycles. The number of rotatable bonds is 8. The molecular formula is C24H20N2O3S2. The molecule has 31 heavy (non-hydrogen) atoms. The average Bonchev–Trinajstić information content (AvgIpc) is 3.33. The Labute approximate surface area is 189 Å². The minimum Gasteiger partial charge on any atom is -0.493 e. The van der Waals surface area contributed by atoms with E-state index >= 15 is 0 Å². The van der Waals surface area contributed by atoms with E-state index in [9.17, 15) is 4.79 Å². The summed E-state index contributed by atoms with van der Waals surface area (Å²) < 4.78 is 11.2. The number of hydrogen-bond acceptors (Lipinski definition) is 6. The predicted molar refractivity (Wildman–Crippen MR) is 126 cm³/mol. The third-order valence-electron chi connectivity index (χ3n) is 4.40. The number of anilines is 1. The molecule has 0 fully saturated rings. The summed E-state index contributed by atoms with van der Waals surface area (Å²) in [5.41, 5.74) is 4.15. The Bertz CT molecular complexity index is 1150. The standard InChI is InChI=1S/C24H20N2O3S2/c1-28-21-7-3-4-8-22(21)29-19-12-10-17(11-13-19)26-24(27)20-6-2-5-9-23(20)31-15-18-14-30-16-25-18/h2-14,16H,15H2,1H3,(H,26,27). The first-order valence-electron chi connectivity index (χ1n) is 9.54. The van der Waals surface area contributed by atoms with Crippen molar-refractivity contribution in [2.24, 2.45) is 0 Å². The van der Waals surface area contributed by atoms with Crippen molar-refractivity contribution in [3.63, 3.8) is 0 Å². The van der Waals surface area contributed by atoms with Crippen molar-refractivity contribution in [3.05, 3.63) is 94.9 Å². The number of methoxy groups -OCH3 is 1. The van der Waals surface area contributed by atoms with Crippen molar-refractivity contribution in [2.45, 2.75) is 10.6 Å². The van der Waals surface area contributed by atoms with Gasteiger partial charge in [-0.2, -0.15) is 0 Å². The Morgan fingerprint density at radius 2 is 1.74 bits per heavy atom. The molecule has 0 unspecified atom stereocenters. The van der Waals surface area contributed by atoms with E-state index in [0.717, 1.165) is 16.3 Å². The molecule has 0 radical (unpaired) electrons. The number of ether oxygens (including phenoxy) is 2. The summed E-state index contributed by atoms with van der Waals surface area (Å²) in [6, 6.07) is 22.3. The van der Waals surface area contributed by atoms with E-state index in [1.807, 2.05) is 83.7 Å². The number of para-hydroxylation sites is 2. The maximum absolute atomic E-state index is 12.9. The van der Waals surface area contributed by atoms with Crippen LogP contribution in [0.3, 0.4) is 0 Å². The number of hydrogen-bond donors (Lipinski definition) is 1. The number of amides is 1. The summed E-state index contributed by atoms with van der Waals surface area (Å²) in [6.45, 7) is 0. The van der Waals surface area contributed by atoms with Crippen molar-refractivity contribution < 1.29 is 14.3 Å². The van der Waals surface area contributed by atoms with Gasteiger partial charge in [0.25, 0.3) is 5.91 Å². The number of thiazole rings is 1.